The van der Waals surface area contributed by atoms with E-state index in [4.69, 9.17) is 37.9 Å². The van der Waals surface area contributed by atoms with Gasteiger partial charge in [0.1, 0.15) is 24.7 Å². The maximum atomic E-state index is 6.41. The summed E-state index contributed by atoms with van der Waals surface area (Å²) in [6.45, 7) is 13.9. The summed E-state index contributed by atoms with van der Waals surface area (Å²) in [6, 6.07) is 52.9. The van der Waals surface area contributed by atoms with Gasteiger partial charge in [0.05, 0.1) is 65.1 Å². The Kier molecular flexibility index (Phi) is 22.4. The molecule has 0 fully saturated rings. The Balaban J connectivity index is 0.902. The molecule has 0 saturated carbocycles. The Labute approximate surface area is 603 Å². The zero-order chi connectivity index (χ0) is 69.5. The lowest BCUT2D eigenvalue weighted by atomic mass is 9.72. The van der Waals surface area contributed by atoms with Crippen molar-refractivity contribution in [3.05, 3.63) is 145 Å². The van der Waals surface area contributed by atoms with Crippen molar-refractivity contribution in [2.24, 2.45) is 0 Å². The molecule has 0 aliphatic carbocycles. The summed E-state index contributed by atoms with van der Waals surface area (Å²) in [6.07, 6.45) is 28.7. The van der Waals surface area contributed by atoms with Gasteiger partial charge < -0.3 is 37.9 Å². The second-order valence-electron chi connectivity index (χ2n) is 29.8. The molecule has 0 aliphatic rings. The Morgan fingerprint density at radius 1 is 0.265 bits per heavy atom. The molecule has 0 N–H and O–H groups in total. The average molecular weight is 1360 g/mol. The van der Waals surface area contributed by atoms with Crippen LogP contribution >= 0.6 is 0 Å². The van der Waals surface area contributed by atoms with Crippen LogP contribution in [-0.4, -0.2) is 92.5 Å². The van der Waals surface area contributed by atoms with Gasteiger partial charge in [-0.25, -0.2) is 0 Å². The van der Waals surface area contributed by atoms with Crippen LogP contribution in [0.4, 0.5) is 0 Å². The van der Waals surface area contributed by atoms with E-state index in [2.05, 4.69) is 161 Å². The molecular weight excluding hydrogens is 1260 g/mol. The predicted molar refractivity (Wildman–Crippen MR) is 433 cm³/mol. The van der Waals surface area contributed by atoms with Crippen LogP contribution < -0.4 is 9.47 Å². The fourth-order valence-corrected chi connectivity index (χ4v) is 17.6. The van der Waals surface area contributed by atoms with E-state index in [9.17, 15) is 0 Å². The van der Waals surface area contributed by atoms with E-state index < -0.39 is 0 Å². The molecule has 0 spiro atoms. The molecule has 8 heteroatoms. The van der Waals surface area contributed by atoms with Gasteiger partial charge in [0.25, 0.3) is 0 Å². The van der Waals surface area contributed by atoms with Crippen LogP contribution in [0, 0.1) is 0 Å². The van der Waals surface area contributed by atoms with Crippen LogP contribution in [0.1, 0.15) is 167 Å². The van der Waals surface area contributed by atoms with Gasteiger partial charge in [-0.05, 0) is 251 Å². The molecule has 0 heterocycles. The fraction of sp³-hybridized carbons (Fsp3) is 0.426. The van der Waals surface area contributed by atoms with Crippen molar-refractivity contribution in [2.75, 3.05) is 80.3 Å². The fourth-order valence-electron chi connectivity index (χ4n) is 17.6. The van der Waals surface area contributed by atoms with Gasteiger partial charge in [-0.15, -0.1) is 0 Å². The first-order chi connectivity index (χ1) is 50.3. The van der Waals surface area contributed by atoms with Gasteiger partial charge in [-0.2, -0.15) is 0 Å². The molecule has 2 atom stereocenters. The summed E-state index contributed by atoms with van der Waals surface area (Å²) in [5, 5.41) is 33.3. The van der Waals surface area contributed by atoms with Crippen LogP contribution in [-0.2, 0) is 41.3 Å². The number of rotatable bonds is 44. The van der Waals surface area contributed by atoms with E-state index in [0.29, 0.717) is 66.1 Å². The standard InChI is InChI=1S/C94H106O8/c1-7-9-11-13-15-17-19-21-23-25-29-63-51-75-71-31-27-33-73-79-55-67(65-35-39-69(40-36-65)101-59-61(3)99-49-47-97-45-43-95-5)57-81-82-58-68(66-37-41-70(42-38-66)102-60-62(4)100-50-48-98-46-44-96-6)56-80-74-34-28-32-72-76-52-64(30-26-24-22-20-18-16-14-12-10-8-2)54-78-77(53-63)85(75)91-89(83(71)73)93(87(79)81)94(88(80)82)90(84(72)74)92(91)86(76)78/h27-28,31-42,51-58,61-62H,7-26,29-30,43-50,59-60H2,1-6H3/t61-,62-/m0/s1. The van der Waals surface area contributed by atoms with E-state index in [1.807, 2.05) is 0 Å². The zero-order valence-electron chi connectivity index (χ0n) is 61.7. The number of fused-ring (bicyclic) bond motifs is 6. The smallest absolute Gasteiger partial charge is 0.119 e. The minimum atomic E-state index is -0.0965. The van der Waals surface area contributed by atoms with Gasteiger partial charge in [0.2, 0.25) is 0 Å². The summed E-state index contributed by atoms with van der Waals surface area (Å²) in [5.41, 5.74) is 7.62. The summed E-state index contributed by atoms with van der Waals surface area (Å²) >= 11 is 0. The molecule has 8 nitrogen and oxygen atoms in total. The molecule has 0 amide bonds. The summed E-state index contributed by atoms with van der Waals surface area (Å²) < 4.78 is 46.6. The summed E-state index contributed by atoms with van der Waals surface area (Å²) in [7, 11) is 3.38. The highest BCUT2D eigenvalue weighted by atomic mass is 16.6. The van der Waals surface area contributed by atoms with E-state index >= 15 is 0 Å². The first kappa shape index (κ1) is 70.0. The van der Waals surface area contributed by atoms with Gasteiger partial charge in [-0.1, -0.05) is 214 Å². The Hall–Kier alpha value is -7.66. The lowest BCUT2D eigenvalue weighted by Crippen LogP contribution is -2.20. The van der Waals surface area contributed by atoms with E-state index in [1.165, 1.54) is 280 Å². The van der Waals surface area contributed by atoms with Gasteiger partial charge in [0, 0.05) is 14.2 Å². The Bertz CT molecular complexity index is 4840. The molecule has 0 aliphatic heterocycles. The van der Waals surface area contributed by atoms with Crippen LogP contribution in [0.5, 0.6) is 11.5 Å². The second kappa shape index (κ2) is 32.6. The normalized spacial score (nSPS) is 13.2. The highest BCUT2D eigenvalue weighted by molar-refractivity contribution is 6.61. The molecule has 0 saturated heterocycles. The lowest BCUT2D eigenvalue weighted by Gasteiger charge is -2.30. The van der Waals surface area contributed by atoms with Gasteiger partial charge >= 0.3 is 0 Å². The molecule has 0 bridgehead atoms. The average Bonchev–Trinajstić information content (AvgIpc) is 0.644. The third-order valence-electron chi connectivity index (χ3n) is 22.6. The van der Waals surface area contributed by atoms with E-state index in [1.54, 1.807) is 14.2 Å². The molecular formula is C94H106O8. The topological polar surface area (TPSA) is 73.8 Å². The number of methoxy groups -OCH3 is 2. The maximum absolute atomic E-state index is 6.41. The van der Waals surface area contributed by atoms with Crippen molar-refractivity contribution >= 4 is 129 Å². The van der Waals surface area contributed by atoms with Crippen molar-refractivity contribution in [3.63, 3.8) is 0 Å². The van der Waals surface area contributed by atoms with E-state index in [0.717, 1.165) is 35.5 Å². The SMILES string of the molecule is CCCCCCCCCCCCc1cc2c3cccc4c5cc(-c6ccc(OC[C@H](C)OCCOCCOC)cc6)cc6c7cc(-c8ccc(OC[C@H](C)OCCOCCOC)cc8)cc8c9cccc%10c%11cc(CCCCCCCCCCCC)cc%12c(c1)c2c1c(c34)c(c56)c(c87)c(c%109)c1c%11%12. The number of benzene rings is 15. The molecule has 530 valence electrons. The first-order valence-electron chi connectivity index (χ1n) is 39.4. The predicted octanol–water partition coefficient (Wildman–Crippen LogP) is 25.3. The number of aryl methyl sites for hydroxylation is 2. The molecule has 15 aromatic carbocycles. The summed E-state index contributed by atoms with van der Waals surface area (Å²) in [5.74, 6) is 1.64. The molecule has 0 aromatic heterocycles. The van der Waals surface area contributed by atoms with E-state index in [-0.39, 0.29) is 12.2 Å². The van der Waals surface area contributed by atoms with Crippen LogP contribution in [0.3, 0.4) is 0 Å². The third kappa shape index (κ3) is 14.0. The van der Waals surface area contributed by atoms with Gasteiger partial charge in [0.15, 0.2) is 0 Å². The number of ether oxygens (including phenoxy) is 8. The Morgan fingerprint density at radius 3 is 0.863 bits per heavy atom. The first-order valence-corrected chi connectivity index (χ1v) is 39.4. The zero-order valence-corrected chi connectivity index (χ0v) is 61.7. The number of hydrogen-bond acceptors (Lipinski definition) is 8. The summed E-state index contributed by atoms with van der Waals surface area (Å²) in [4.78, 5) is 0. The maximum Gasteiger partial charge on any atom is 0.119 e. The minimum absolute atomic E-state index is 0.0965. The molecule has 102 heavy (non-hydrogen) atoms. The van der Waals surface area contributed by atoms with Crippen molar-refractivity contribution in [3.8, 4) is 33.8 Å². The molecule has 15 rings (SSSR count). The highest BCUT2D eigenvalue weighted by Crippen LogP contribution is 2.61. The van der Waals surface area contributed by atoms with Crippen molar-refractivity contribution in [2.45, 2.75) is 181 Å². The largest absolute Gasteiger partial charge is 0.491 e. The third-order valence-corrected chi connectivity index (χ3v) is 22.6. The lowest BCUT2D eigenvalue weighted by molar-refractivity contribution is -0.0144. The van der Waals surface area contributed by atoms with Crippen molar-refractivity contribution in [1.29, 1.82) is 0 Å². The Morgan fingerprint density at radius 2 is 0.539 bits per heavy atom. The quantitative estimate of drug-likeness (QED) is 0.0212. The molecule has 0 radical (unpaired) electrons. The highest BCUT2D eigenvalue weighted by Gasteiger charge is 2.33. The second-order valence-corrected chi connectivity index (χ2v) is 29.8. The number of hydrogen-bond donors (Lipinski definition) is 0. The van der Waals surface area contributed by atoms with Crippen molar-refractivity contribution < 1.29 is 37.9 Å². The van der Waals surface area contributed by atoms with Crippen LogP contribution in [0.25, 0.3) is 152 Å². The number of unbranched alkanes of at least 4 members (excludes halogenated alkanes) is 18. The minimum Gasteiger partial charge on any atom is -0.491 e. The van der Waals surface area contributed by atoms with Crippen molar-refractivity contribution in [1.82, 2.24) is 0 Å². The van der Waals surface area contributed by atoms with Crippen LogP contribution in [0.15, 0.2) is 133 Å². The molecule has 0 unspecified atom stereocenters. The molecule has 15 aromatic rings. The monoisotopic (exact) mass is 1360 g/mol. The van der Waals surface area contributed by atoms with Crippen LogP contribution in [0.2, 0.25) is 0 Å². The van der Waals surface area contributed by atoms with Gasteiger partial charge in [-0.3, -0.25) is 0 Å².